The Labute approximate surface area is 103 Å². The van der Waals surface area contributed by atoms with Gasteiger partial charge < -0.3 is 5.32 Å². The van der Waals surface area contributed by atoms with E-state index in [1.165, 1.54) is 10.4 Å². The molecule has 1 unspecified atom stereocenters. The Morgan fingerprint density at radius 1 is 1.40 bits per heavy atom. The minimum Gasteiger partial charge on any atom is -0.305 e. The molecular formula is C11H12ClNS2. The summed E-state index contributed by atoms with van der Waals surface area (Å²) in [7, 11) is 0. The minimum atomic E-state index is 0.363. The van der Waals surface area contributed by atoms with Crippen molar-refractivity contribution >= 4 is 34.3 Å². The molecule has 0 fully saturated rings. The largest absolute Gasteiger partial charge is 0.305 e. The zero-order chi connectivity index (χ0) is 10.7. The molecule has 0 aliphatic carbocycles. The third kappa shape index (κ3) is 3.05. The van der Waals surface area contributed by atoms with E-state index in [-0.39, 0.29) is 0 Å². The molecule has 1 atom stereocenters. The number of rotatable bonds is 4. The third-order valence-corrected chi connectivity index (χ3v) is 4.36. The fourth-order valence-electron chi connectivity index (χ4n) is 1.33. The molecule has 2 aromatic rings. The topological polar surface area (TPSA) is 12.0 Å². The lowest BCUT2D eigenvalue weighted by molar-refractivity contribution is 0.584. The van der Waals surface area contributed by atoms with Crippen LogP contribution in [-0.4, -0.2) is 0 Å². The van der Waals surface area contributed by atoms with Gasteiger partial charge >= 0.3 is 0 Å². The molecule has 1 N–H and O–H groups in total. The van der Waals surface area contributed by atoms with Gasteiger partial charge in [-0.15, -0.1) is 11.3 Å². The van der Waals surface area contributed by atoms with E-state index in [9.17, 15) is 0 Å². The predicted molar refractivity (Wildman–Crippen MR) is 68.9 cm³/mol. The second-order valence-corrected chi connectivity index (χ2v) is 5.90. The number of nitrogens with one attached hydrogen (secondary N) is 1. The molecule has 2 rings (SSSR count). The molecule has 1 nitrogen and oxygen atoms in total. The van der Waals surface area contributed by atoms with Crippen molar-refractivity contribution in [2.45, 2.75) is 19.5 Å². The first-order valence-corrected chi connectivity index (χ1v) is 6.89. The van der Waals surface area contributed by atoms with E-state index >= 15 is 0 Å². The average molecular weight is 258 g/mol. The molecule has 2 aromatic heterocycles. The van der Waals surface area contributed by atoms with Crippen LogP contribution in [0.15, 0.2) is 29.0 Å². The Balaban J connectivity index is 1.90. The molecule has 4 heteroatoms. The van der Waals surface area contributed by atoms with E-state index in [1.54, 1.807) is 22.7 Å². The van der Waals surface area contributed by atoms with Crippen LogP contribution in [0, 0.1) is 0 Å². The van der Waals surface area contributed by atoms with Gasteiger partial charge in [-0.1, -0.05) is 11.6 Å². The summed E-state index contributed by atoms with van der Waals surface area (Å²) in [5.41, 5.74) is 1.34. The molecule has 15 heavy (non-hydrogen) atoms. The lowest BCUT2D eigenvalue weighted by Gasteiger charge is -2.10. The maximum atomic E-state index is 5.90. The molecule has 0 saturated carbocycles. The average Bonchev–Trinajstić information content (AvgIpc) is 2.84. The van der Waals surface area contributed by atoms with Gasteiger partial charge in [0, 0.05) is 17.5 Å². The molecule has 80 valence electrons. The van der Waals surface area contributed by atoms with Crippen LogP contribution in [0.25, 0.3) is 0 Å². The zero-order valence-electron chi connectivity index (χ0n) is 8.37. The highest BCUT2D eigenvalue weighted by molar-refractivity contribution is 7.16. The van der Waals surface area contributed by atoms with Gasteiger partial charge in [0.15, 0.2) is 0 Å². The number of hydrogen-bond donors (Lipinski definition) is 1. The zero-order valence-corrected chi connectivity index (χ0v) is 10.8. The molecule has 0 amide bonds. The van der Waals surface area contributed by atoms with Crippen LogP contribution in [0.2, 0.25) is 4.34 Å². The molecule has 0 aliphatic rings. The van der Waals surface area contributed by atoms with Crippen LogP contribution in [-0.2, 0) is 6.54 Å². The summed E-state index contributed by atoms with van der Waals surface area (Å²) >= 11 is 9.27. The molecule has 0 saturated heterocycles. The van der Waals surface area contributed by atoms with Gasteiger partial charge in [0.05, 0.1) is 4.34 Å². The van der Waals surface area contributed by atoms with Crippen molar-refractivity contribution in [2.75, 3.05) is 0 Å². The third-order valence-electron chi connectivity index (χ3n) is 2.21. The van der Waals surface area contributed by atoms with Gasteiger partial charge in [-0.05, 0) is 41.4 Å². The van der Waals surface area contributed by atoms with Crippen molar-refractivity contribution in [1.82, 2.24) is 5.32 Å². The summed E-state index contributed by atoms with van der Waals surface area (Å²) in [5, 5.41) is 7.74. The monoisotopic (exact) mass is 257 g/mol. The summed E-state index contributed by atoms with van der Waals surface area (Å²) in [6.07, 6.45) is 0. The smallest absolute Gasteiger partial charge is 0.0931 e. The highest BCUT2D eigenvalue weighted by Crippen LogP contribution is 2.26. The number of hydrogen-bond acceptors (Lipinski definition) is 3. The molecular weight excluding hydrogens is 246 g/mol. The SMILES string of the molecule is CC(NCc1ccsc1)c1ccc(Cl)s1. The fourth-order valence-corrected chi connectivity index (χ4v) is 3.08. The minimum absolute atomic E-state index is 0.363. The first-order valence-electron chi connectivity index (χ1n) is 4.75. The fraction of sp³-hybridized carbons (Fsp3) is 0.273. The Bertz CT molecular complexity index is 408. The van der Waals surface area contributed by atoms with E-state index in [4.69, 9.17) is 11.6 Å². The van der Waals surface area contributed by atoms with Crippen molar-refractivity contribution in [3.8, 4) is 0 Å². The maximum absolute atomic E-state index is 5.90. The number of halogens is 1. The van der Waals surface area contributed by atoms with Crippen LogP contribution >= 0.6 is 34.3 Å². The van der Waals surface area contributed by atoms with E-state index in [0.29, 0.717) is 6.04 Å². The Morgan fingerprint density at radius 2 is 2.27 bits per heavy atom. The van der Waals surface area contributed by atoms with Crippen LogP contribution in [0.3, 0.4) is 0 Å². The maximum Gasteiger partial charge on any atom is 0.0931 e. The lowest BCUT2D eigenvalue weighted by Crippen LogP contribution is -2.16. The molecule has 0 bridgehead atoms. The first kappa shape index (κ1) is 11.1. The van der Waals surface area contributed by atoms with Crippen molar-refractivity contribution < 1.29 is 0 Å². The van der Waals surface area contributed by atoms with E-state index in [1.807, 2.05) is 6.07 Å². The van der Waals surface area contributed by atoms with E-state index in [0.717, 1.165) is 10.9 Å². The van der Waals surface area contributed by atoms with Gasteiger partial charge in [0.1, 0.15) is 0 Å². The highest BCUT2D eigenvalue weighted by atomic mass is 35.5. The van der Waals surface area contributed by atoms with Crippen LogP contribution < -0.4 is 5.32 Å². The lowest BCUT2D eigenvalue weighted by atomic mass is 10.2. The summed E-state index contributed by atoms with van der Waals surface area (Å²) < 4.78 is 0.856. The summed E-state index contributed by atoms with van der Waals surface area (Å²) in [4.78, 5) is 1.29. The van der Waals surface area contributed by atoms with E-state index in [2.05, 4.69) is 35.1 Å². The number of thiophene rings is 2. The van der Waals surface area contributed by atoms with Gasteiger partial charge in [0.2, 0.25) is 0 Å². The predicted octanol–water partition coefficient (Wildman–Crippen LogP) is 4.31. The highest BCUT2D eigenvalue weighted by Gasteiger charge is 2.07. The van der Waals surface area contributed by atoms with E-state index < -0.39 is 0 Å². The van der Waals surface area contributed by atoms with Crippen LogP contribution in [0.1, 0.15) is 23.4 Å². The Kier molecular flexibility index (Phi) is 3.81. The molecule has 0 aliphatic heterocycles. The quantitative estimate of drug-likeness (QED) is 0.861. The molecule has 2 heterocycles. The van der Waals surface area contributed by atoms with Crippen molar-refractivity contribution in [1.29, 1.82) is 0 Å². The normalized spacial score (nSPS) is 12.9. The second-order valence-electron chi connectivity index (χ2n) is 3.38. The van der Waals surface area contributed by atoms with Crippen molar-refractivity contribution in [2.24, 2.45) is 0 Å². The summed E-state index contributed by atoms with van der Waals surface area (Å²) in [6, 6.07) is 6.54. The van der Waals surface area contributed by atoms with Crippen LogP contribution in [0.4, 0.5) is 0 Å². The molecule has 0 spiro atoms. The Hall–Kier alpha value is -0.350. The molecule has 0 aromatic carbocycles. The van der Waals surface area contributed by atoms with Gasteiger partial charge in [-0.25, -0.2) is 0 Å². The van der Waals surface area contributed by atoms with Gasteiger partial charge in [-0.2, -0.15) is 11.3 Å². The first-order chi connectivity index (χ1) is 7.25. The van der Waals surface area contributed by atoms with Gasteiger partial charge in [0.25, 0.3) is 0 Å². The summed E-state index contributed by atoms with van der Waals surface area (Å²) in [6.45, 7) is 3.08. The van der Waals surface area contributed by atoms with Crippen molar-refractivity contribution in [3.63, 3.8) is 0 Å². The Morgan fingerprint density at radius 3 is 2.87 bits per heavy atom. The van der Waals surface area contributed by atoms with Gasteiger partial charge in [-0.3, -0.25) is 0 Å². The van der Waals surface area contributed by atoms with Crippen molar-refractivity contribution in [3.05, 3.63) is 43.7 Å². The molecule has 0 radical (unpaired) electrons. The standard InChI is InChI=1S/C11H12ClNS2/c1-8(10-2-3-11(12)15-10)13-6-9-4-5-14-7-9/h2-5,7-8,13H,6H2,1H3. The van der Waals surface area contributed by atoms with Crippen LogP contribution in [0.5, 0.6) is 0 Å². The second kappa shape index (κ2) is 5.12. The summed E-state index contributed by atoms with van der Waals surface area (Å²) in [5.74, 6) is 0.